The van der Waals surface area contributed by atoms with Crippen LogP contribution in [0.3, 0.4) is 0 Å². The SMILES string of the molecule is CCOC(=O)c1coc(NC(C)C2CC3CCC2C3)n1. The van der Waals surface area contributed by atoms with Crippen LogP contribution < -0.4 is 5.32 Å². The third-order valence-electron chi connectivity index (χ3n) is 4.77. The van der Waals surface area contributed by atoms with Crippen molar-refractivity contribution >= 4 is 12.0 Å². The Morgan fingerprint density at radius 2 is 2.40 bits per heavy atom. The molecule has 0 saturated heterocycles. The predicted molar refractivity (Wildman–Crippen MR) is 74.5 cm³/mol. The molecule has 5 nitrogen and oxygen atoms in total. The van der Waals surface area contributed by atoms with E-state index in [1.54, 1.807) is 6.92 Å². The first-order valence-electron chi connectivity index (χ1n) is 7.56. The maximum atomic E-state index is 11.5. The van der Waals surface area contributed by atoms with Crippen molar-refractivity contribution in [2.45, 2.75) is 45.6 Å². The Balaban J connectivity index is 1.59. The molecule has 4 unspecified atom stereocenters. The molecular weight excluding hydrogens is 256 g/mol. The second kappa shape index (κ2) is 5.46. The lowest BCUT2D eigenvalue weighted by atomic mass is 9.84. The van der Waals surface area contributed by atoms with Crippen LogP contribution in [0.2, 0.25) is 0 Å². The van der Waals surface area contributed by atoms with Crippen molar-refractivity contribution in [3.05, 3.63) is 12.0 Å². The summed E-state index contributed by atoms with van der Waals surface area (Å²) >= 11 is 0. The smallest absolute Gasteiger partial charge is 0.360 e. The van der Waals surface area contributed by atoms with E-state index >= 15 is 0 Å². The number of oxazole rings is 1. The van der Waals surface area contributed by atoms with Crippen LogP contribution >= 0.6 is 0 Å². The summed E-state index contributed by atoms with van der Waals surface area (Å²) in [6, 6.07) is 0.752. The second-order valence-corrected chi connectivity index (χ2v) is 6.03. The van der Waals surface area contributed by atoms with Crippen molar-refractivity contribution in [3.63, 3.8) is 0 Å². The monoisotopic (exact) mass is 278 g/mol. The first-order chi connectivity index (χ1) is 9.67. The summed E-state index contributed by atoms with van der Waals surface area (Å²) in [5.41, 5.74) is 0.231. The largest absolute Gasteiger partial charge is 0.461 e. The molecule has 3 rings (SSSR count). The molecule has 1 aromatic heterocycles. The van der Waals surface area contributed by atoms with Gasteiger partial charge in [-0.2, -0.15) is 4.98 Å². The van der Waals surface area contributed by atoms with E-state index < -0.39 is 5.97 Å². The van der Waals surface area contributed by atoms with Gasteiger partial charge in [-0.05, 0) is 50.9 Å². The molecule has 5 heteroatoms. The highest BCUT2D eigenvalue weighted by molar-refractivity contribution is 5.87. The lowest BCUT2D eigenvalue weighted by molar-refractivity contribution is 0.0519. The van der Waals surface area contributed by atoms with Crippen molar-refractivity contribution < 1.29 is 13.9 Å². The van der Waals surface area contributed by atoms with Crippen LogP contribution in [0.5, 0.6) is 0 Å². The molecule has 2 aliphatic carbocycles. The molecule has 0 radical (unpaired) electrons. The topological polar surface area (TPSA) is 64.4 Å². The fourth-order valence-corrected chi connectivity index (χ4v) is 3.85. The fraction of sp³-hybridized carbons (Fsp3) is 0.733. The van der Waals surface area contributed by atoms with Crippen molar-refractivity contribution in [1.29, 1.82) is 0 Å². The summed E-state index contributed by atoms with van der Waals surface area (Å²) in [5.74, 6) is 2.04. The zero-order valence-corrected chi connectivity index (χ0v) is 12.1. The van der Waals surface area contributed by atoms with E-state index in [9.17, 15) is 4.79 Å². The van der Waals surface area contributed by atoms with Gasteiger partial charge in [-0.15, -0.1) is 0 Å². The van der Waals surface area contributed by atoms with Crippen molar-refractivity contribution in [2.24, 2.45) is 17.8 Å². The number of ether oxygens (including phenoxy) is 1. The van der Waals surface area contributed by atoms with Gasteiger partial charge in [0.2, 0.25) is 0 Å². The lowest BCUT2D eigenvalue weighted by Gasteiger charge is -2.27. The first-order valence-corrected chi connectivity index (χ1v) is 7.56. The predicted octanol–water partition coefficient (Wildman–Crippen LogP) is 3.09. The highest BCUT2D eigenvalue weighted by Gasteiger charge is 2.42. The van der Waals surface area contributed by atoms with Gasteiger partial charge >= 0.3 is 5.97 Å². The molecule has 110 valence electrons. The van der Waals surface area contributed by atoms with Crippen LogP contribution in [0.4, 0.5) is 6.01 Å². The number of rotatable bonds is 5. The number of hydrogen-bond acceptors (Lipinski definition) is 5. The van der Waals surface area contributed by atoms with E-state index in [0.29, 0.717) is 24.6 Å². The van der Waals surface area contributed by atoms with Gasteiger partial charge in [0, 0.05) is 6.04 Å². The molecular formula is C15H22N2O3. The third kappa shape index (κ3) is 2.53. The van der Waals surface area contributed by atoms with Crippen LogP contribution in [-0.2, 0) is 4.74 Å². The maximum Gasteiger partial charge on any atom is 0.360 e. The highest BCUT2D eigenvalue weighted by atomic mass is 16.5. The standard InChI is InChI=1S/C15H22N2O3/c1-3-19-14(18)13-8-20-15(17-13)16-9(2)12-7-10-4-5-11(12)6-10/h8-12H,3-7H2,1-2H3,(H,16,17). The lowest BCUT2D eigenvalue weighted by Crippen LogP contribution is -2.30. The number of fused-ring (bicyclic) bond motifs is 2. The number of carbonyl (C=O) groups excluding carboxylic acids is 1. The number of anilines is 1. The molecule has 2 aliphatic rings. The van der Waals surface area contributed by atoms with Crippen LogP contribution in [0.25, 0.3) is 0 Å². The molecule has 0 aromatic carbocycles. The van der Waals surface area contributed by atoms with Gasteiger partial charge in [0.1, 0.15) is 6.26 Å². The molecule has 1 N–H and O–H groups in total. The van der Waals surface area contributed by atoms with Crippen LogP contribution in [0.15, 0.2) is 10.7 Å². The van der Waals surface area contributed by atoms with E-state index in [1.807, 2.05) is 0 Å². The van der Waals surface area contributed by atoms with Gasteiger partial charge < -0.3 is 14.5 Å². The number of aromatic nitrogens is 1. The van der Waals surface area contributed by atoms with Gasteiger partial charge in [-0.3, -0.25) is 0 Å². The van der Waals surface area contributed by atoms with Gasteiger partial charge in [0.25, 0.3) is 6.01 Å². The van der Waals surface area contributed by atoms with Crippen LogP contribution in [0.1, 0.15) is 50.0 Å². The van der Waals surface area contributed by atoms with E-state index in [2.05, 4.69) is 17.2 Å². The minimum Gasteiger partial charge on any atom is -0.461 e. The number of nitrogens with zero attached hydrogens (tertiary/aromatic N) is 1. The second-order valence-electron chi connectivity index (χ2n) is 6.03. The molecule has 4 atom stereocenters. The zero-order chi connectivity index (χ0) is 14.1. The molecule has 0 amide bonds. The summed E-state index contributed by atoms with van der Waals surface area (Å²) in [4.78, 5) is 15.7. The molecule has 20 heavy (non-hydrogen) atoms. The average Bonchev–Trinajstić information content (AvgIpc) is 3.14. The van der Waals surface area contributed by atoms with Crippen molar-refractivity contribution in [3.8, 4) is 0 Å². The summed E-state index contributed by atoms with van der Waals surface area (Å²) in [6.07, 6.45) is 6.81. The number of hydrogen-bond donors (Lipinski definition) is 1. The van der Waals surface area contributed by atoms with Gasteiger partial charge in [0.15, 0.2) is 5.69 Å². The Bertz CT molecular complexity index is 485. The quantitative estimate of drug-likeness (QED) is 0.838. The number of nitrogens with one attached hydrogen (secondary N) is 1. The van der Waals surface area contributed by atoms with Gasteiger partial charge in [0.05, 0.1) is 6.61 Å². The number of carbonyl (C=O) groups is 1. The number of esters is 1. The van der Waals surface area contributed by atoms with Crippen molar-refractivity contribution in [1.82, 2.24) is 4.98 Å². The van der Waals surface area contributed by atoms with Crippen molar-refractivity contribution in [2.75, 3.05) is 11.9 Å². The molecule has 0 spiro atoms. The van der Waals surface area contributed by atoms with E-state index in [1.165, 1.54) is 31.9 Å². The molecule has 1 aromatic rings. The van der Waals surface area contributed by atoms with E-state index in [0.717, 1.165) is 11.8 Å². The Hall–Kier alpha value is -1.52. The molecule has 2 bridgehead atoms. The van der Waals surface area contributed by atoms with Gasteiger partial charge in [-0.25, -0.2) is 4.79 Å². The zero-order valence-electron chi connectivity index (χ0n) is 12.1. The summed E-state index contributed by atoms with van der Waals surface area (Å²) in [6.45, 7) is 4.30. The highest BCUT2D eigenvalue weighted by Crippen LogP contribution is 2.49. The van der Waals surface area contributed by atoms with E-state index in [-0.39, 0.29) is 5.69 Å². The maximum absolute atomic E-state index is 11.5. The summed E-state index contributed by atoms with van der Waals surface area (Å²) < 4.78 is 10.2. The summed E-state index contributed by atoms with van der Waals surface area (Å²) in [7, 11) is 0. The normalized spacial score (nSPS) is 29.4. The Morgan fingerprint density at radius 3 is 3.05 bits per heavy atom. The van der Waals surface area contributed by atoms with Gasteiger partial charge in [-0.1, -0.05) is 6.42 Å². The molecule has 1 heterocycles. The Labute approximate surface area is 119 Å². The average molecular weight is 278 g/mol. The minimum atomic E-state index is -0.433. The molecule has 2 fully saturated rings. The molecule has 0 aliphatic heterocycles. The van der Waals surface area contributed by atoms with E-state index in [4.69, 9.17) is 9.15 Å². The molecule has 2 saturated carbocycles. The summed E-state index contributed by atoms with van der Waals surface area (Å²) in [5, 5.41) is 3.30. The van der Waals surface area contributed by atoms with Crippen LogP contribution in [0, 0.1) is 17.8 Å². The fourth-order valence-electron chi connectivity index (χ4n) is 3.85. The minimum absolute atomic E-state index is 0.231. The Kier molecular flexibility index (Phi) is 3.68. The third-order valence-corrected chi connectivity index (χ3v) is 4.77. The van der Waals surface area contributed by atoms with Crippen LogP contribution in [-0.4, -0.2) is 23.6 Å². The Morgan fingerprint density at radius 1 is 1.55 bits per heavy atom. The first kappa shape index (κ1) is 13.5.